The van der Waals surface area contributed by atoms with Gasteiger partial charge in [0, 0.05) is 12.7 Å². The standard InChI is InChI=1S/C20H27N3O2/c1-16-11-21-22(12-16)13-19-9-6-10-23(19)20(24)17(2)14-25-15-18-7-4-3-5-8-18/h3-5,7-8,11-12,17,19H,6,9-10,13-15H2,1-2H3/t17-,19+/m0/s1. The Morgan fingerprint density at radius 1 is 1.36 bits per heavy atom. The quantitative estimate of drug-likeness (QED) is 0.778. The van der Waals surface area contributed by atoms with E-state index < -0.39 is 0 Å². The molecule has 2 atom stereocenters. The summed E-state index contributed by atoms with van der Waals surface area (Å²) in [6, 6.07) is 10.3. The Kier molecular flexibility index (Phi) is 5.87. The van der Waals surface area contributed by atoms with Crippen LogP contribution in [-0.2, 0) is 22.7 Å². The molecule has 0 unspecified atom stereocenters. The summed E-state index contributed by atoms with van der Waals surface area (Å²) in [6.07, 6.45) is 6.00. The number of ether oxygens (including phenoxy) is 1. The molecule has 0 aliphatic carbocycles. The smallest absolute Gasteiger partial charge is 0.228 e. The van der Waals surface area contributed by atoms with Crippen molar-refractivity contribution in [2.45, 2.75) is 45.9 Å². The molecule has 0 spiro atoms. The summed E-state index contributed by atoms with van der Waals surface area (Å²) in [4.78, 5) is 14.8. The molecule has 0 radical (unpaired) electrons. The van der Waals surface area contributed by atoms with Crippen LogP contribution in [0.1, 0.15) is 30.9 Å². The summed E-state index contributed by atoms with van der Waals surface area (Å²) in [5.74, 6) is 0.0723. The van der Waals surface area contributed by atoms with E-state index in [1.165, 1.54) is 0 Å². The van der Waals surface area contributed by atoms with Crippen LogP contribution in [-0.4, -0.2) is 39.8 Å². The van der Waals surface area contributed by atoms with E-state index in [0.717, 1.165) is 37.1 Å². The maximum atomic E-state index is 12.8. The second-order valence-electron chi connectivity index (χ2n) is 6.97. The largest absolute Gasteiger partial charge is 0.376 e. The zero-order valence-corrected chi connectivity index (χ0v) is 15.1. The van der Waals surface area contributed by atoms with Crippen molar-refractivity contribution in [2.75, 3.05) is 13.2 Å². The molecule has 2 heterocycles. The van der Waals surface area contributed by atoms with E-state index in [4.69, 9.17) is 4.74 Å². The normalized spacial score (nSPS) is 18.5. The van der Waals surface area contributed by atoms with Crippen molar-refractivity contribution in [1.29, 1.82) is 0 Å². The molecule has 5 nitrogen and oxygen atoms in total. The lowest BCUT2D eigenvalue weighted by Crippen LogP contribution is -2.42. The van der Waals surface area contributed by atoms with E-state index in [-0.39, 0.29) is 17.9 Å². The zero-order chi connectivity index (χ0) is 17.6. The summed E-state index contributed by atoms with van der Waals surface area (Å²) >= 11 is 0. The number of likely N-dealkylation sites (tertiary alicyclic amines) is 1. The summed E-state index contributed by atoms with van der Waals surface area (Å²) in [6.45, 7) is 6.62. The lowest BCUT2D eigenvalue weighted by atomic mass is 10.1. The van der Waals surface area contributed by atoms with Gasteiger partial charge in [-0.2, -0.15) is 5.10 Å². The van der Waals surface area contributed by atoms with Crippen LogP contribution in [0.4, 0.5) is 0 Å². The first-order valence-electron chi connectivity index (χ1n) is 9.04. The summed E-state index contributed by atoms with van der Waals surface area (Å²) in [5.41, 5.74) is 2.29. The molecule has 1 fully saturated rings. The van der Waals surface area contributed by atoms with Gasteiger partial charge >= 0.3 is 0 Å². The molecule has 5 heteroatoms. The summed E-state index contributed by atoms with van der Waals surface area (Å²) in [5, 5.41) is 4.36. The van der Waals surface area contributed by atoms with E-state index >= 15 is 0 Å². The zero-order valence-electron chi connectivity index (χ0n) is 15.1. The third kappa shape index (κ3) is 4.69. The van der Waals surface area contributed by atoms with Crippen LogP contribution in [0, 0.1) is 12.8 Å². The van der Waals surface area contributed by atoms with Gasteiger partial charge in [-0.15, -0.1) is 0 Å². The minimum atomic E-state index is -0.122. The Bertz CT molecular complexity index is 683. The third-order valence-corrected chi connectivity index (χ3v) is 4.72. The predicted molar refractivity (Wildman–Crippen MR) is 97.0 cm³/mol. The van der Waals surface area contributed by atoms with Gasteiger partial charge in [-0.3, -0.25) is 9.48 Å². The minimum absolute atomic E-state index is 0.122. The summed E-state index contributed by atoms with van der Waals surface area (Å²) < 4.78 is 7.70. The Labute approximate surface area is 149 Å². The number of carbonyl (C=O) groups is 1. The SMILES string of the molecule is Cc1cnn(C[C@H]2CCCN2C(=O)[C@@H](C)COCc2ccccc2)c1. The molecule has 1 amide bonds. The molecule has 25 heavy (non-hydrogen) atoms. The molecule has 1 aliphatic rings. The van der Waals surface area contributed by atoms with Crippen LogP contribution in [0.2, 0.25) is 0 Å². The number of aryl methyl sites for hydroxylation is 1. The van der Waals surface area contributed by atoms with Gasteiger partial charge in [0.15, 0.2) is 0 Å². The Balaban J connectivity index is 1.50. The topological polar surface area (TPSA) is 47.4 Å². The molecule has 0 saturated carbocycles. The maximum Gasteiger partial charge on any atom is 0.228 e. The highest BCUT2D eigenvalue weighted by atomic mass is 16.5. The highest BCUT2D eigenvalue weighted by Crippen LogP contribution is 2.21. The fourth-order valence-corrected chi connectivity index (χ4v) is 3.38. The van der Waals surface area contributed by atoms with E-state index in [2.05, 4.69) is 5.10 Å². The van der Waals surface area contributed by atoms with Gasteiger partial charge in [0.05, 0.1) is 37.9 Å². The molecule has 1 aromatic carbocycles. The number of hydrogen-bond donors (Lipinski definition) is 0. The summed E-state index contributed by atoms with van der Waals surface area (Å²) in [7, 11) is 0. The average Bonchev–Trinajstić information content (AvgIpc) is 3.24. The molecular weight excluding hydrogens is 314 g/mol. The second-order valence-corrected chi connectivity index (χ2v) is 6.97. The van der Waals surface area contributed by atoms with Gasteiger partial charge in [0.2, 0.25) is 5.91 Å². The van der Waals surface area contributed by atoms with Crippen molar-refractivity contribution in [3.05, 3.63) is 53.9 Å². The average molecular weight is 341 g/mol. The van der Waals surface area contributed by atoms with Crippen molar-refractivity contribution in [1.82, 2.24) is 14.7 Å². The van der Waals surface area contributed by atoms with Crippen molar-refractivity contribution in [2.24, 2.45) is 5.92 Å². The minimum Gasteiger partial charge on any atom is -0.376 e. The number of aromatic nitrogens is 2. The highest BCUT2D eigenvalue weighted by Gasteiger charge is 2.31. The number of nitrogens with zero attached hydrogens (tertiary/aromatic N) is 3. The Morgan fingerprint density at radius 2 is 2.16 bits per heavy atom. The number of benzene rings is 1. The van der Waals surface area contributed by atoms with Crippen LogP contribution >= 0.6 is 0 Å². The molecular formula is C20H27N3O2. The van der Waals surface area contributed by atoms with Gasteiger partial charge in [0.1, 0.15) is 0 Å². The van der Waals surface area contributed by atoms with Gasteiger partial charge in [-0.25, -0.2) is 0 Å². The van der Waals surface area contributed by atoms with Crippen LogP contribution in [0.3, 0.4) is 0 Å². The number of carbonyl (C=O) groups excluding carboxylic acids is 1. The lowest BCUT2D eigenvalue weighted by Gasteiger charge is -2.27. The van der Waals surface area contributed by atoms with Crippen LogP contribution in [0.15, 0.2) is 42.7 Å². The molecule has 0 N–H and O–H groups in total. The third-order valence-electron chi connectivity index (χ3n) is 4.72. The fourth-order valence-electron chi connectivity index (χ4n) is 3.38. The molecule has 0 bridgehead atoms. The van der Waals surface area contributed by atoms with Crippen molar-refractivity contribution in [3.63, 3.8) is 0 Å². The Hall–Kier alpha value is -2.14. The van der Waals surface area contributed by atoms with E-state index in [1.807, 2.05) is 66.2 Å². The predicted octanol–water partition coefficient (Wildman–Crippen LogP) is 3.04. The molecule has 3 rings (SSSR count). The van der Waals surface area contributed by atoms with E-state index in [9.17, 15) is 4.79 Å². The van der Waals surface area contributed by atoms with Gasteiger partial charge in [-0.05, 0) is 30.9 Å². The van der Waals surface area contributed by atoms with Crippen molar-refractivity contribution >= 4 is 5.91 Å². The molecule has 1 saturated heterocycles. The van der Waals surface area contributed by atoms with Crippen LogP contribution < -0.4 is 0 Å². The molecule has 1 aliphatic heterocycles. The van der Waals surface area contributed by atoms with Crippen LogP contribution in [0.25, 0.3) is 0 Å². The monoisotopic (exact) mass is 341 g/mol. The lowest BCUT2D eigenvalue weighted by molar-refractivity contribution is -0.138. The first-order chi connectivity index (χ1) is 12.1. The molecule has 134 valence electrons. The first-order valence-corrected chi connectivity index (χ1v) is 9.04. The molecule has 1 aromatic heterocycles. The highest BCUT2D eigenvalue weighted by molar-refractivity contribution is 5.79. The van der Waals surface area contributed by atoms with Crippen molar-refractivity contribution in [3.8, 4) is 0 Å². The van der Waals surface area contributed by atoms with Gasteiger partial charge < -0.3 is 9.64 Å². The van der Waals surface area contributed by atoms with Gasteiger partial charge in [-0.1, -0.05) is 37.3 Å². The van der Waals surface area contributed by atoms with E-state index in [1.54, 1.807) is 0 Å². The molecule has 2 aromatic rings. The fraction of sp³-hybridized carbons (Fsp3) is 0.500. The number of hydrogen-bond acceptors (Lipinski definition) is 3. The van der Waals surface area contributed by atoms with E-state index in [0.29, 0.717) is 13.2 Å². The maximum absolute atomic E-state index is 12.8. The second kappa shape index (κ2) is 8.30. The van der Waals surface area contributed by atoms with Crippen molar-refractivity contribution < 1.29 is 9.53 Å². The number of rotatable bonds is 7. The number of amides is 1. The Morgan fingerprint density at radius 3 is 2.88 bits per heavy atom. The van der Waals surface area contributed by atoms with Crippen LogP contribution in [0.5, 0.6) is 0 Å². The van der Waals surface area contributed by atoms with Gasteiger partial charge in [0.25, 0.3) is 0 Å². The first kappa shape index (κ1) is 17.7.